The molecular formula is GeLa2O4. The van der Waals surface area contributed by atoms with Crippen molar-refractivity contribution in [1.82, 2.24) is 0 Å². The predicted octanol–water partition coefficient (Wildman–Crippen LogP) is -0.856. The predicted molar refractivity (Wildman–Crippen MR) is 8.50 cm³/mol. The van der Waals surface area contributed by atoms with E-state index in [1.165, 1.54) is 0 Å². The van der Waals surface area contributed by atoms with Gasteiger partial charge in [0.05, 0.1) is 0 Å². The molecule has 0 bridgehead atoms. The third-order valence-electron chi connectivity index (χ3n) is 0. The Bertz CT molecular complexity index is 9.65. The Morgan fingerprint density at radius 1 is 0.714 bits per heavy atom. The van der Waals surface area contributed by atoms with E-state index in [9.17, 15) is 0 Å². The first-order valence-electron chi connectivity index (χ1n) is 0.204. The zero-order valence-electron chi connectivity index (χ0n) is 3.29. The molecular weight excluding hydrogens is 414 g/mol. The van der Waals surface area contributed by atoms with Gasteiger partial charge in [0.15, 0.2) is 0 Å². The molecule has 0 aliphatic rings. The van der Waals surface area contributed by atoms with Crippen molar-refractivity contribution in [2.75, 3.05) is 0 Å². The van der Waals surface area contributed by atoms with Crippen LogP contribution in [0, 0.1) is 71.2 Å². The van der Waals surface area contributed by atoms with E-state index in [1.54, 1.807) is 0 Å². The van der Waals surface area contributed by atoms with E-state index in [1.807, 2.05) is 0 Å². The number of hydrogen-bond donors (Lipinski definition) is 0. The second kappa shape index (κ2) is 73.1. The van der Waals surface area contributed by atoms with Crippen LogP contribution in [-0.2, 0) is 20.2 Å². The Hall–Kier alpha value is 2.61. The van der Waals surface area contributed by atoms with Crippen LogP contribution < -0.4 is 0 Å². The molecule has 7 heteroatoms. The van der Waals surface area contributed by atoms with Crippen LogP contribution in [0.4, 0.5) is 0 Å². The van der Waals surface area contributed by atoms with Gasteiger partial charge in [-0.25, -0.2) is 0 Å². The average Bonchev–Trinajstić information content (AvgIpc) is 1.00. The van der Waals surface area contributed by atoms with Gasteiger partial charge < -0.3 is 16.4 Å². The Labute approximate surface area is 106 Å². The quantitative estimate of drug-likeness (QED) is 0.474. The third kappa shape index (κ3) is 55.2. The molecule has 0 saturated heterocycles. The second-order valence-electron chi connectivity index (χ2n) is 0. The summed E-state index contributed by atoms with van der Waals surface area (Å²) in [6.07, 6.45) is 0. The van der Waals surface area contributed by atoms with Crippen molar-refractivity contribution in [3.05, 3.63) is 0 Å². The molecule has 0 aromatic carbocycles. The summed E-state index contributed by atoms with van der Waals surface area (Å²) in [7, 11) is 0. The molecule has 0 saturated carbocycles. The standard InChI is InChI=1S/GeO.2La.3O/c1-2;;;;;/q;2*+3;3*-2. The summed E-state index contributed by atoms with van der Waals surface area (Å²) in [5, 5.41) is 0. The average molecular weight is 414 g/mol. The minimum absolute atomic E-state index is 0. The maximum absolute atomic E-state index is 8.25. The molecule has 34 valence electrons. The van der Waals surface area contributed by atoms with Crippen molar-refractivity contribution in [2.24, 2.45) is 0 Å². The van der Waals surface area contributed by atoms with Crippen LogP contribution in [0.25, 0.3) is 0 Å². The third-order valence-corrected chi connectivity index (χ3v) is 0. The summed E-state index contributed by atoms with van der Waals surface area (Å²) >= 11 is 0.750. The Morgan fingerprint density at radius 3 is 0.714 bits per heavy atom. The van der Waals surface area contributed by atoms with E-state index in [0.29, 0.717) is 0 Å². The Morgan fingerprint density at radius 2 is 0.714 bits per heavy atom. The fourth-order valence-corrected chi connectivity index (χ4v) is 0. The first-order chi connectivity index (χ1) is 1.00. The van der Waals surface area contributed by atoms with Gasteiger partial charge in [-0.2, -0.15) is 0 Å². The zero-order valence-corrected chi connectivity index (χ0v) is 12.6. The second-order valence-corrected chi connectivity index (χ2v) is 0. The van der Waals surface area contributed by atoms with Crippen LogP contribution in [0.2, 0.25) is 0 Å². The maximum atomic E-state index is 8.25. The van der Waals surface area contributed by atoms with E-state index in [2.05, 4.69) is 0 Å². The molecule has 0 aliphatic heterocycles. The molecule has 7 heavy (non-hydrogen) atoms. The van der Waals surface area contributed by atoms with Crippen LogP contribution in [0.5, 0.6) is 0 Å². The molecule has 0 aromatic rings. The minimum atomic E-state index is 0. The normalized spacial score (nSPS) is 0.571. The van der Waals surface area contributed by atoms with Crippen molar-refractivity contribution < 1.29 is 91.4 Å². The van der Waals surface area contributed by atoms with Gasteiger partial charge in [-0.1, -0.05) is 0 Å². The summed E-state index contributed by atoms with van der Waals surface area (Å²) in [6.45, 7) is 0. The molecule has 0 fully saturated rings. The molecule has 4 nitrogen and oxygen atoms in total. The molecule has 0 atom stereocenters. The SMILES string of the molecule is [La+3].[La+3].[O-2].[O-2].[O-2].[O]=[Ge]. The van der Waals surface area contributed by atoms with Gasteiger partial charge in [-0.15, -0.1) is 0 Å². The van der Waals surface area contributed by atoms with Crippen molar-refractivity contribution in [2.45, 2.75) is 0 Å². The topological polar surface area (TPSA) is 103 Å². The van der Waals surface area contributed by atoms with Gasteiger partial charge in [0.1, 0.15) is 0 Å². The van der Waals surface area contributed by atoms with E-state index in [4.69, 9.17) is 3.78 Å². The van der Waals surface area contributed by atoms with Crippen LogP contribution in [0.1, 0.15) is 0 Å². The fraction of sp³-hybridized carbons (Fsp3) is 0. The molecule has 2 radical (unpaired) electrons. The Balaban J connectivity index is -0.000000000500. The van der Waals surface area contributed by atoms with E-state index < -0.39 is 0 Å². The fourth-order valence-electron chi connectivity index (χ4n) is 0. The molecule has 0 amide bonds. The molecule has 0 aromatic heterocycles. The van der Waals surface area contributed by atoms with Crippen molar-refractivity contribution in [3.63, 3.8) is 0 Å². The summed E-state index contributed by atoms with van der Waals surface area (Å²) in [5.74, 6) is 0. The monoisotopic (exact) mass is 416 g/mol. The summed E-state index contributed by atoms with van der Waals surface area (Å²) in [6, 6.07) is 0. The van der Waals surface area contributed by atoms with Crippen molar-refractivity contribution >= 4 is 16.5 Å². The number of rotatable bonds is 0. The van der Waals surface area contributed by atoms with Crippen LogP contribution in [0.3, 0.4) is 0 Å². The molecule has 0 aliphatic carbocycles. The molecule has 0 rings (SSSR count). The van der Waals surface area contributed by atoms with Gasteiger partial charge >= 0.3 is 91.4 Å². The molecule has 0 unspecified atom stereocenters. The van der Waals surface area contributed by atoms with Gasteiger partial charge in [0.2, 0.25) is 0 Å². The first kappa shape index (κ1) is 54.6. The van der Waals surface area contributed by atoms with Gasteiger partial charge in [0.25, 0.3) is 0 Å². The van der Waals surface area contributed by atoms with Gasteiger partial charge in [0, 0.05) is 0 Å². The van der Waals surface area contributed by atoms with Crippen LogP contribution in [-0.4, -0.2) is 16.5 Å². The van der Waals surface area contributed by atoms with E-state index in [0.717, 1.165) is 16.5 Å². The van der Waals surface area contributed by atoms with Crippen LogP contribution in [0.15, 0.2) is 0 Å². The van der Waals surface area contributed by atoms with Crippen molar-refractivity contribution in [1.29, 1.82) is 0 Å². The molecule has 0 N–H and O–H groups in total. The molecule has 0 heterocycles. The molecule has 0 spiro atoms. The van der Waals surface area contributed by atoms with Gasteiger partial charge in [-0.05, 0) is 0 Å². The van der Waals surface area contributed by atoms with E-state index >= 15 is 0 Å². The summed E-state index contributed by atoms with van der Waals surface area (Å²) in [5.41, 5.74) is 0. The summed E-state index contributed by atoms with van der Waals surface area (Å²) < 4.78 is 8.25. The number of hydrogen-bond acceptors (Lipinski definition) is 1. The summed E-state index contributed by atoms with van der Waals surface area (Å²) in [4.78, 5) is 0. The van der Waals surface area contributed by atoms with Gasteiger partial charge in [-0.3, -0.25) is 0 Å². The Kier molecular flexibility index (Phi) is 571. The van der Waals surface area contributed by atoms with Crippen molar-refractivity contribution in [3.8, 4) is 0 Å². The van der Waals surface area contributed by atoms with Crippen LogP contribution >= 0.6 is 0 Å². The van der Waals surface area contributed by atoms with E-state index in [-0.39, 0.29) is 87.6 Å². The first-order valence-corrected chi connectivity index (χ1v) is 1.06. The zero-order chi connectivity index (χ0) is 2.00.